The smallest absolute Gasteiger partial charge is 0.263 e. The summed E-state index contributed by atoms with van der Waals surface area (Å²) >= 11 is 6.35. The van der Waals surface area contributed by atoms with Gasteiger partial charge in [0.05, 0.1) is 11.2 Å². The quantitative estimate of drug-likeness (QED) is 0.542. The summed E-state index contributed by atoms with van der Waals surface area (Å²) in [5, 5.41) is 1.68. The molecule has 3 aromatic rings. The monoisotopic (exact) mass is 366 g/mol. The molecule has 0 spiro atoms. The maximum atomic E-state index is 13.1. The van der Waals surface area contributed by atoms with Crippen molar-refractivity contribution in [1.82, 2.24) is 9.47 Å². The van der Waals surface area contributed by atoms with Crippen molar-refractivity contribution in [3.05, 3.63) is 58.1 Å². The standard InChI is InChI=1S/C21H19ClN2O2/c1-12-18(22)9-8-15-16(10-11-23(3)13(2)25)20-14-6-4-5-7-17(14)21(26)24(20)19(12)15/h4-9H,10-11H2,1-3H3. The molecule has 1 amide bonds. The Bertz CT molecular complexity index is 1080. The number of hydrogen-bond donors (Lipinski definition) is 0. The minimum absolute atomic E-state index is 0.0165. The lowest BCUT2D eigenvalue weighted by atomic mass is 9.99. The third kappa shape index (κ3) is 2.29. The van der Waals surface area contributed by atoms with Crippen molar-refractivity contribution in [2.24, 2.45) is 0 Å². The van der Waals surface area contributed by atoms with Gasteiger partial charge in [-0.2, -0.15) is 0 Å². The highest BCUT2D eigenvalue weighted by Gasteiger charge is 2.32. The van der Waals surface area contributed by atoms with E-state index >= 15 is 0 Å². The predicted octanol–water partition coefficient (Wildman–Crippen LogP) is 4.29. The van der Waals surface area contributed by atoms with Gasteiger partial charge in [-0.3, -0.25) is 14.2 Å². The van der Waals surface area contributed by atoms with Gasteiger partial charge in [0, 0.05) is 42.1 Å². The maximum Gasteiger partial charge on any atom is 0.263 e. The summed E-state index contributed by atoms with van der Waals surface area (Å²) in [6, 6.07) is 11.5. The second kappa shape index (κ2) is 5.99. The van der Waals surface area contributed by atoms with E-state index in [0.717, 1.165) is 33.3 Å². The molecule has 2 aromatic carbocycles. The number of nitrogens with zero attached hydrogens (tertiary/aromatic N) is 2. The normalized spacial score (nSPS) is 12.4. The van der Waals surface area contributed by atoms with E-state index in [4.69, 9.17) is 11.6 Å². The second-order valence-electron chi connectivity index (χ2n) is 6.77. The number of rotatable bonds is 3. The zero-order chi connectivity index (χ0) is 18.6. The van der Waals surface area contributed by atoms with Crippen molar-refractivity contribution in [2.45, 2.75) is 20.3 Å². The Morgan fingerprint density at radius 3 is 2.54 bits per heavy atom. The van der Waals surface area contributed by atoms with E-state index in [0.29, 0.717) is 23.6 Å². The molecule has 1 aromatic heterocycles. The number of amides is 1. The highest BCUT2D eigenvalue weighted by molar-refractivity contribution is 6.32. The van der Waals surface area contributed by atoms with E-state index in [1.165, 1.54) is 0 Å². The number of carbonyl (C=O) groups is 2. The lowest BCUT2D eigenvalue weighted by molar-refractivity contribution is -0.127. The number of aryl methyl sites for hydroxylation is 1. The summed E-state index contributed by atoms with van der Waals surface area (Å²) in [6.45, 7) is 4.10. The van der Waals surface area contributed by atoms with Gasteiger partial charge in [-0.1, -0.05) is 35.9 Å². The topological polar surface area (TPSA) is 42.3 Å². The molecule has 4 rings (SSSR count). The molecule has 0 N–H and O–H groups in total. The van der Waals surface area contributed by atoms with Gasteiger partial charge in [0.25, 0.3) is 5.91 Å². The van der Waals surface area contributed by atoms with E-state index in [1.54, 1.807) is 23.4 Å². The van der Waals surface area contributed by atoms with Crippen LogP contribution in [-0.2, 0) is 11.2 Å². The number of aromatic nitrogens is 1. The summed E-state index contributed by atoms with van der Waals surface area (Å²) in [4.78, 5) is 26.4. The van der Waals surface area contributed by atoms with Crippen molar-refractivity contribution in [3.63, 3.8) is 0 Å². The molecular weight excluding hydrogens is 348 g/mol. The molecule has 1 aliphatic heterocycles. The summed E-state index contributed by atoms with van der Waals surface area (Å²) in [5.74, 6) is 0.0120. The Balaban J connectivity index is 1.99. The van der Waals surface area contributed by atoms with E-state index in [-0.39, 0.29) is 11.8 Å². The average Bonchev–Trinajstić information content (AvgIpc) is 3.10. The Labute approximate surface area is 157 Å². The van der Waals surface area contributed by atoms with Gasteiger partial charge in [-0.05, 0) is 36.6 Å². The van der Waals surface area contributed by atoms with Crippen LogP contribution in [0.15, 0.2) is 36.4 Å². The van der Waals surface area contributed by atoms with Crippen molar-refractivity contribution in [3.8, 4) is 11.3 Å². The average molecular weight is 367 g/mol. The van der Waals surface area contributed by atoms with E-state index in [1.807, 2.05) is 43.3 Å². The summed E-state index contributed by atoms with van der Waals surface area (Å²) < 4.78 is 1.80. The first-order valence-electron chi connectivity index (χ1n) is 8.60. The van der Waals surface area contributed by atoms with Crippen LogP contribution in [0.25, 0.3) is 22.2 Å². The van der Waals surface area contributed by atoms with Gasteiger partial charge in [-0.25, -0.2) is 0 Å². The number of carbonyl (C=O) groups excluding carboxylic acids is 2. The summed E-state index contributed by atoms with van der Waals surface area (Å²) in [5.41, 5.74) is 5.45. The highest BCUT2D eigenvalue weighted by Crippen LogP contribution is 2.43. The van der Waals surface area contributed by atoms with Crippen molar-refractivity contribution >= 4 is 34.3 Å². The third-order valence-electron chi connectivity index (χ3n) is 5.27. The molecule has 1 aliphatic rings. The van der Waals surface area contributed by atoms with Crippen LogP contribution < -0.4 is 0 Å². The molecular formula is C21H19ClN2O2. The predicted molar refractivity (Wildman–Crippen MR) is 104 cm³/mol. The molecule has 0 saturated heterocycles. The van der Waals surface area contributed by atoms with Crippen LogP contribution in [0.5, 0.6) is 0 Å². The Hall–Kier alpha value is -2.59. The van der Waals surface area contributed by atoms with Crippen molar-refractivity contribution < 1.29 is 9.59 Å². The van der Waals surface area contributed by atoms with Gasteiger partial charge >= 0.3 is 0 Å². The number of benzene rings is 2. The van der Waals surface area contributed by atoms with Gasteiger partial charge in [-0.15, -0.1) is 0 Å². The minimum Gasteiger partial charge on any atom is -0.346 e. The zero-order valence-corrected chi connectivity index (χ0v) is 15.7. The molecule has 5 heteroatoms. The van der Waals surface area contributed by atoms with E-state index in [9.17, 15) is 9.59 Å². The van der Waals surface area contributed by atoms with Crippen LogP contribution in [0.2, 0.25) is 5.02 Å². The fourth-order valence-electron chi connectivity index (χ4n) is 3.75. The van der Waals surface area contributed by atoms with Crippen molar-refractivity contribution in [2.75, 3.05) is 13.6 Å². The fraction of sp³-hybridized carbons (Fsp3) is 0.238. The highest BCUT2D eigenvalue weighted by atomic mass is 35.5. The molecule has 0 atom stereocenters. The Morgan fingerprint density at radius 2 is 1.85 bits per heavy atom. The van der Waals surface area contributed by atoms with Crippen LogP contribution in [0.4, 0.5) is 0 Å². The minimum atomic E-state index is -0.0165. The van der Waals surface area contributed by atoms with Crippen molar-refractivity contribution in [1.29, 1.82) is 0 Å². The fourth-order valence-corrected chi connectivity index (χ4v) is 3.91. The molecule has 0 unspecified atom stereocenters. The van der Waals surface area contributed by atoms with Crippen LogP contribution >= 0.6 is 11.6 Å². The summed E-state index contributed by atoms with van der Waals surface area (Å²) in [7, 11) is 1.79. The molecule has 0 saturated carbocycles. The Morgan fingerprint density at radius 1 is 1.15 bits per heavy atom. The molecule has 4 nitrogen and oxygen atoms in total. The third-order valence-corrected chi connectivity index (χ3v) is 5.68. The first-order valence-corrected chi connectivity index (χ1v) is 8.97. The summed E-state index contributed by atoms with van der Waals surface area (Å²) in [6.07, 6.45) is 0.678. The number of likely N-dealkylation sites (N-methyl/N-ethyl adjacent to an activating group) is 1. The van der Waals surface area contributed by atoms with Gasteiger partial charge < -0.3 is 4.90 Å². The lowest BCUT2D eigenvalue weighted by Gasteiger charge is -2.15. The van der Waals surface area contributed by atoms with Crippen LogP contribution in [0.1, 0.15) is 28.4 Å². The first-order chi connectivity index (χ1) is 12.4. The molecule has 0 bridgehead atoms. The molecule has 0 fully saturated rings. The lowest BCUT2D eigenvalue weighted by Crippen LogP contribution is -2.26. The first kappa shape index (κ1) is 16.9. The van der Waals surface area contributed by atoms with Gasteiger partial charge in [0.1, 0.15) is 0 Å². The molecule has 132 valence electrons. The number of halogens is 1. The van der Waals surface area contributed by atoms with E-state index in [2.05, 4.69) is 0 Å². The maximum absolute atomic E-state index is 13.1. The second-order valence-corrected chi connectivity index (χ2v) is 7.18. The largest absolute Gasteiger partial charge is 0.346 e. The van der Waals surface area contributed by atoms with Crippen LogP contribution in [-0.4, -0.2) is 34.9 Å². The molecule has 0 aliphatic carbocycles. The molecule has 0 radical (unpaired) electrons. The number of hydrogen-bond acceptors (Lipinski definition) is 2. The SMILES string of the molecule is CC(=O)N(C)CCc1c2n(c3c(C)c(Cl)ccc13)C(=O)c1ccccc1-2. The van der Waals surface area contributed by atoms with Crippen LogP contribution in [0.3, 0.4) is 0 Å². The van der Waals surface area contributed by atoms with E-state index < -0.39 is 0 Å². The number of fused-ring (bicyclic) bond motifs is 5. The Kier molecular flexibility index (Phi) is 3.88. The van der Waals surface area contributed by atoms with Crippen LogP contribution in [0, 0.1) is 6.92 Å². The van der Waals surface area contributed by atoms with Gasteiger partial charge in [0.15, 0.2) is 0 Å². The van der Waals surface area contributed by atoms with Gasteiger partial charge in [0.2, 0.25) is 5.91 Å². The molecule has 2 heterocycles. The molecule has 26 heavy (non-hydrogen) atoms. The zero-order valence-electron chi connectivity index (χ0n) is 15.0.